The molecule has 2 aliphatic rings. The van der Waals surface area contributed by atoms with Crippen LogP contribution in [0.4, 0.5) is 0 Å². The van der Waals surface area contributed by atoms with Crippen molar-refractivity contribution in [3.8, 4) is 11.5 Å². The van der Waals surface area contributed by atoms with Gasteiger partial charge >= 0.3 is 0 Å². The molecule has 2 aliphatic heterocycles. The van der Waals surface area contributed by atoms with Crippen molar-refractivity contribution < 1.29 is 9.47 Å². The van der Waals surface area contributed by atoms with Gasteiger partial charge in [-0.1, -0.05) is 6.92 Å². The van der Waals surface area contributed by atoms with Crippen LogP contribution >= 0.6 is 15.9 Å². The second-order valence-corrected chi connectivity index (χ2v) is 5.73. The van der Waals surface area contributed by atoms with E-state index in [0.717, 1.165) is 55.1 Å². The van der Waals surface area contributed by atoms with Crippen molar-refractivity contribution in [2.75, 3.05) is 33.0 Å². The maximum Gasteiger partial charge on any atom is 0.231 e. The molecule has 4 nitrogen and oxygen atoms in total. The first kappa shape index (κ1) is 13.2. The van der Waals surface area contributed by atoms with Crippen molar-refractivity contribution in [2.24, 2.45) is 0 Å². The number of rotatable bonds is 3. The molecule has 0 bridgehead atoms. The summed E-state index contributed by atoms with van der Waals surface area (Å²) in [5.74, 6) is 1.73. The third-order valence-electron chi connectivity index (χ3n) is 3.76. The molecule has 0 aromatic heterocycles. The lowest BCUT2D eigenvalue weighted by atomic mass is 10.0. The average molecular weight is 327 g/mol. The molecule has 0 unspecified atom stereocenters. The van der Waals surface area contributed by atoms with E-state index in [9.17, 15) is 0 Å². The lowest BCUT2D eigenvalue weighted by molar-refractivity contribution is 0.173. The Morgan fingerprint density at radius 2 is 2.11 bits per heavy atom. The van der Waals surface area contributed by atoms with Gasteiger partial charge in [-0.15, -0.1) is 0 Å². The Morgan fingerprint density at radius 3 is 2.84 bits per heavy atom. The van der Waals surface area contributed by atoms with E-state index in [2.05, 4.69) is 39.1 Å². The summed E-state index contributed by atoms with van der Waals surface area (Å²) in [6.45, 7) is 7.86. The molecule has 0 amide bonds. The van der Waals surface area contributed by atoms with Crippen LogP contribution in [0.1, 0.15) is 18.1 Å². The number of nitrogens with zero attached hydrogens (tertiary/aromatic N) is 1. The Balaban J connectivity index is 1.89. The summed E-state index contributed by atoms with van der Waals surface area (Å²) in [5, 5.41) is 3.39. The van der Waals surface area contributed by atoms with E-state index in [1.165, 1.54) is 11.1 Å². The molecule has 19 heavy (non-hydrogen) atoms. The first-order valence-electron chi connectivity index (χ1n) is 6.82. The lowest BCUT2D eigenvalue weighted by Gasteiger charge is -2.28. The summed E-state index contributed by atoms with van der Waals surface area (Å²) in [6.07, 6.45) is 0.999. The highest BCUT2D eigenvalue weighted by Gasteiger charge is 2.23. The number of hydrogen-bond acceptors (Lipinski definition) is 4. The summed E-state index contributed by atoms with van der Waals surface area (Å²) in [7, 11) is 0. The number of benzene rings is 1. The molecule has 0 aliphatic carbocycles. The maximum atomic E-state index is 5.53. The zero-order valence-corrected chi connectivity index (χ0v) is 12.8. The Bertz CT molecular complexity index is 473. The normalized spacial score (nSPS) is 18.8. The van der Waals surface area contributed by atoms with Gasteiger partial charge in [0.15, 0.2) is 11.5 Å². The zero-order valence-electron chi connectivity index (χ0n) is 11.2. The summed E-state index contributed by atoms with van der Waals surface area (Å²) in [5.41, 5.74) is 2.68. The van der Waals surface area contributed by atoms with Crippen LogP contribution in [0.15, 0.2) is 10.5 Å². The van der Waals surface area contributed by atoms with Gasteiger partial charge in [0.05, 0.1) is 4.47 Å². The van der Waals surface area contributed by atoms with Crippen LogP contribution in [0, 0.1) is 0 Å². The highest BCUT2D eigenvalue weighted by Crippen LogP contribution is 2.43. The smallest absolute Gasteiger partial charge is 0.231 e. The van der Waals surface area contributed by atoms with Gasteiger partial charge in [-0.25, -0.2) is 0 Å². The topological polar surface area (TPSA) is 33.7 Å². The predicted molar refractivity (Wildman–Crippen MR) is 77.8 cm³/mol. The number of hydrogen-bond donors (Lipinski definition) is 1. The quantitative estimate of drug-likeness (QED) is 0.922. The van der Waals surface area contributed by atoms with Crippen LogP contribution in [0.5, 0.6) is 11.5 Å². The van der Waals surface area contributed by atoms with E-state index >= 15 is 0 Å². The molecule has 0 atom stereocenters. The Morgan fingerprint density at radius 1 is 1.32 bits per heavy atom. The first-order valence-corrected chi connectivity index (χ1v) is 7.61. The summed E-state index contributed by atoms with van der Waals surface area (Å²) < 4.78 is 12.1. The third kappa shape index (κ3) is 2.59. The molecule has 1 saturated heterocycles. The van der Waals surface area contributed by atoms with Crippen LogP contribution in [0.2, 0.25) is 0 Å². The molecule has 1 N–H and O–H groups in total. The molecular formula is C14H19BrN2O2. The van der Waals surface area contributed by atoms with Crippen LogP contribution in [-0.4, -0.2) is 37.9 Å². The van der Waals surface area contributed by atoms with Crippen LogP contribution < -0.4 is 14.8 Å². The fraction of sp³-hybridized carbons (Fsp3) is 0.571. The number of ether oxygens (including phenoxy) is 2. The molecule has 0 saturated carbocycles. The Hall–Kier alpha value is -0.780. The molecule has 0 radical (unpaired) electrons. The van der Waals surface area contributed by atoms with Crippen molar-refractivity contribution in [1.82, 2.24) is 10.2 Å². The summed E-state index contributed by atoms with van der Waals surface area (Å²) in [6, 6.07) is 2.15. The molecule has 1 aromatic rings. The van der Waals surface area contributed by atoms with Crippen LogP contribution in [0.25, 0.3) is 0 Å². The SMILES string of the molecule is CCc1c(CN2CCNCC2)cc2c(c1Br)OCO2. The Kier molecular flexibility index (Phi) is 3.96. The number of fused-ring (bicyclic) bond motifs is 1. The molecule has 104 valence electrons. The minimum Gasteiger partial charge on any atom is -0.454 e. The molecular weight excluding hydrogens is 308 g/mol. The fourth-order valence-corrected chi connectivity index (χ4v) is 3.57. The minimum absolute atomic E-state index is 0.328. The number of piperazine rings is 1. The molecule has 0 spiro atoms. The monoisotopic (exact) mass is 326 g/mol. The van der Waals surface area contributed by atoms with Crippen molar-refractivity contribution in [3.63, 3.8) is 0 Å². The van der Waals surface area contributed by atoms with E-state index in [0.29, 0.717) is 6.79 Å². The largest absolute Gasteiger partial charge is 0.454 e. The van der Waals surface area contributed by atoms with Crippen molar-refractivity contribution in [1.29, 1.82) is 0 Å². The first-order chi connectivity index (χ1) is 9.29. The zero-order chi connectivity index (χ0) is 13.2. The standard InChI is InChI=1S/C14H19BrN2O2/c1-2-11-10(8-17-5-3-16-4-6-17)7-12-14(13(11)15)19-9-18-12/h7,16H,2-6,8-9H2,1H3. The molecule has 1 aromatic carbocycles. The molecule has 3 rings (SSSR count). The van der Waals surface area contributed by atoms with Crippen LogP contribution in [0.3, 0.4) is 0 Å². The Labute approximate surface area is 122 Å². The third-order valence-corrected chi connectivity index (χ3v) is 4.59. The summed E-state index contributed by atoms with van der Waals surface area (Å²) >= 11 is 3.67. The van der Waals surface area contributed by atoms with Gasteiger partial charge in [-0.3, -0.25) is 4.90 Å². The number of nitrogens with one attached hydrogen (secondary N) is 1. The second kappa shape index (κ2) is 5.69. The van der Waals surface area contributed by atoms with Crippen LogP contribution in [-0.2, 0) is 13.0 Å². The van der Waals surface area contributed by atoms with Gasteiger partial charge in [0.25, 0.3) is 0 Å². The molecule has 2 heterocycles. The van der Waals surface area contributed by atoms with Crippen molar-refractivity contribution >= 4 is 15.9 Å². The molecule has 5 heteroatoms. The molecule has 1 fully saturated rings. The second-order valence-electron chi connectivity index (χ2n) is 4.94. The highest BCUT2D eigenvalue weighted by atomic mass is 79.9. The van der Waals surface area contributed by atoms with Gasteiger partial charge in [0.1, 0.15) is 0 Å². The van der Waals surface area contributed by atoms with Crippen molar-refractivity contribution in [2.45, 2.75) is 19.9 Å². The highest BCUT2D eigenvalue weighted by molar-refractivity contribution is 9.10. The van der Waals surface area contributed by atoms with E-state index in [4.69, 9.17) is 9.47 Å². The predicted octanol–water partition coefficient (Wildman–Crippen LogP) is 2.15. The number of halogens is 1. The van der Waals surface area contributed by atoms with Gasteiger partial charge in [0, 0.05) is 32.7 Å². The van der Waals surface area contributed by atoms with E-state index < -0.39 is 0 Å². The van der Waals surface area contributed by atoms with Gasteiger partial charge in [-0.05, 0) is 39.5 Å². The average Bonchev–Trinajstić information content (AvgIpc) is 2.89. The minimum atomic E-state index is 0.328. The lowest BCUT2D eigenvalue weighted by Crippen LogP contribution is -2.43. The van der Waals surface area contributed by atoms with Crippen molar-refractivity contribution in [3.05, 3.63) is 21.7 Å². The fourth-order valence-electron chi connectivity index (χ4n) is 2.72. The van der Waals surface area contributed by atoms with E-state index in [-0.39, 0.29) is 0 Å². The van der Waals surface area contributed by atoms with Gasteiger partial charge < -0.3 is 14.8 Å². The van der Waals surface area contributed by atoms with E-state index in [1.54, 1.807) is 0 Å². The van der Waals surface area contributed by atoms with E-state index in [1.807, 2.05) is 0 Å². The van der Waals surface area contributed by atoms with Gasteiger partial charge in [-0.2, -0.15) is 0 Å². The maximum absolute atomic E-state index is 5.53. The van der Waals surface area contributed by atoms with Gasteiger partial charge in [0.2, 0.25) is 6.79 Å². The summed E-state index contributed by atoms with van der Waals surface area (Å²) in [4.78, 5) is 2.49.